The lowest BCUT2D eigenvalue weighted by atomic mass is 9.81. The predicted octanol–water partition coefficient (Wildman–Crippen LogP) is 1.44. The molecule has 0 N–H and O–H groups in total. The lowest BCUT2D eigenvalue weighted by Gasteiger charge is -2.38. The van der Waals surface area contributed by atoms with E-state index in [-0.39, 0.29) is 6.42 Å². The number of amides is 3. The molecule has 152 valence electrons. The zero-order valence-electron chi connectivity index (χ0n) is 16.3. The van der Waals surface area contributed by atoms with Crippen molar-refractivity contribution in [3.05, 3.63) is 35.4 Å². The second-order valence-electron chi connectivity index (χ2n) is 7.44. The summed E-state index contributed by atoms with van der Waals surface area (Å²) in [5.41, 5.74) is 0.131. The first kappa shape index (κ1) is 20.5. The Bertz CT molecular complexity index is 883. The third-order valence-electron chi connectivity index (χ3n) is 5.68. The molecule has 8 nitrogen and oxygen atoms in total. The molecule has 29 heavy (non-hydrogen) atoms. The topological polar surface area (TPSA) is 108 Å². The van der Waals surface area contributed by atoms with Gasteiger partial charge < -0.3 is 9.64 Å². The molecule has 2 aliphatic rings. The van der Waals surface area contributed by atoms with Crippen LogP contribution in [0.4, 0.5) is 0 Å². The number of benzene rings is 1. The molecule has 0 spiro atoms. The number of hydrogen-bond acceptors (Lipinski definition) is 6. The van der Waals surface area contributed by atoms with Crippen molar-refractivity contribution in [2.45, 2.75) is 44.1 Å². The third kappa shape index (κ3) is 4.14. The Hall–Kier alpha value is -3.21. The van der Waals surface area contributed by atoms with Crippen LogP contribution in [0.2, 0.25) is 0 Å². The number of imide groups is 1. The molecule has 0 radical (unpaired) electrons. The lowest BCUT2D eigenvalue weighted by molar-refractivity contribution is -0.155. The average molecular weight is 397 g/mol. The summed E-state index contributed by atoms with van der Waals surface area (Å²) in [6, 6.07) is 8.97. The van der Waals surface area contributed by atoms with Crippen LogP contribution in [0.5, 0.6) is 0 Å². The van der Waals surface area contributed by atoms with Gasteiger partial charge in [-0.25, -0.2) is 0 Å². The second-order valence-corrected chi connectivity index (χ2v) is 7.44. The Balaban J connectivity index is 1.57. The first-order valence-electron chi connectivity index (χ1n) is 9.64. The average Bonchev–Trinajstić information content (AvgIpc) is 2.74. The fraction of sp³-hybridized carbons (Fsp3) is 0.476. The minimum atomic E-state index is -0.871. The van der Waals surface area contributed by atoms with Crippen molar-refractivity contribution >= 4 is 23.7 Å². The molecule has 0 saturated heterocycles. The molecule has 1 aliphatic heterocycles. The van der Waals surface area contributed by atoms with Gasteiger partial charge in [0.1, 0.15) is 12.1 Å². The van der Waals surface area contributed by atoms with E-state index in [1.165, 1.54) is 4.90 Å². The van der Waals surface area contributed by atoms with Crippen LogP contribution < -0.4 is 0 Å². The van der Waals surface area contributed by atoms with Gasteiger partial charge >= 0.3 is 5.97 Å². The van der Waals surface area contributed by atoms with Gasteiger partial charge in [-0.3, -0.25) is 24.1 Å². The molecule has 3 amide bonds. The Morgan fingerprint density at radius 2 is 1.90 bits per heavy atom. The predicted molar refractivity (Wildman–Crippen MR) is 101 cm³/mol. The van der Waals surface area contributed by atoms with Crippen LogP contribution >= 0.6 is 0 Å². The molecule has 1 aromatic rings. The number of ether oxygens (including phenoxy) is 1. The molecule has 0 aromatic heterocycles. The number of nitrogens with zero attached hydrogens (tertiary/aromatic N) is 3. The van der Waals surface area contributed by atoms with Crippen LogP contribution in [0, 0.1) is 11.3 Å². The van der Waals surface area contributed by atoms with E-state index in [4.69, 9.17) is 4.74 Å². The van der Waals surface area contributed by atoms with Crippen LogP contribution in [0.1, 0.15) is 48.0 Å². The van der Waals surface area contributed by atoms with E-state index >= 15 is 0 Å². The molecule has 1 aliphatic carbocycles. The number of carbonyl (C=O) groups excluding carboxylic acids is 4. The number of rotatable bonds is 5. The summed E-state index contributed by atoms with van der Waals surface area (Å²) in [5, 5.41) is 9.56. The highest BCUT2D eigenvalue weighted by atomic mass is 16.5. The summed E-state index contributed by atoms with van der Waals surface area (Å²) in [5.74, 6) is -2.37. The highest BCUT2D eigenvalue weighted by Gasteiger charge is 2.39. The largest absolute Gasteiger partial charge is 0.454 e. The number of carbonyl (C=O) groups is 4. The van der Waals surface area contributed by atoms with E-state index in [0.717, 1.165) is 24.2 Å². The normalized spacial score (nSPS) is 17.9. The third-order valence-corrected chi connectivity index (χ3v) is 5.68. The molecule has 1 heterocycles. The van der Waals surface area contributed by atoms with E-state index in [1.807, 2.05) is 0 Å². The number of fused-ring (bicyclic) bond motifs is 1. The SMILES string of the molecule is CN(C(=O)COC(=O)CN1C(=O)Cc2ccccc2C1=O)C1(C#N)CCCCC1. The van der Waals surface area contributed by atoms with Crippen molar-refractivity contribution in [2.24, 2.45) is 0 Å². The number of hydrogen-bond donors (Lipinski definition) is 0. The maximum Gasteiger partial charge on any atom is 0.326 e. The van der Waals surface area contributed by atoms with Crippen molar-refractivity contribution in [3.63, 3.8) is 0 Å². The van der Waals surface area contributed by atoms with Gasteiger partial charge in [0.05, 0.1) is 12.5 Å². The molecule has 3 rings (SSSR count). The van der Waals surface area contributed by atoms with Crippen LogP contribution in [-0.4, -0.2) is 59.2 Å². The minimum Gasteiger partial charge on any atom is -0.454 e. The van der Waals surface area contributed by atoms with Gasteiger partial charge in [-0.2, -0.15) is 5.26 Å². The van der Waals surface area contributed by atoms with E-state index in [9.17, 15) is 24.4 Å². The zero-order chi connectivity index (χ0) is 21.0. The van der Waals surface area contributed by atoms with Crippen LogP contribution in [-0.2, 0) is 25.5 Å². The van der Waals surface area contributed by atoms with Crippen molar-refractivity contribution in [1.29, 1.82) is 5.26 Å². The van der Waals surface area contributed by atoms with Gasteiger partial charge in [-0.05, 0) is 24.5 Å². The Labute approximate surface area is 169 Å². The van der Waals surface area contributed by atoms with Gasteiger partial charge in [-0.15, -0.1) is 0 Å². The van der Waals surface area contributed by atoms with Crippen molar-refractivity contribution in [1.82, 2.24) is 9.80 Å². The van der Waals surface area contributed by atoms with Crippen LogP contribution in [0.15, 0.2) is 24.3 Å². The molecule has 1 fully saturated rings. The van der Waals surface area contributed by atoms with Gasteiger partial charge in [0.15, 0.2) is 6.61 Å². The summed E-state index contributed by atoms with van der Waals surface area (Å²) in [4.78, 5) is 51.5. The molecule has 1 aromatic carbocycles. The van der Waals surface area contributed by atoms with Crippen LogP contribution in [0.25, 0.3) is 0 Å². The molecule has 1 saturated carbocycles. The summed E-state index contributed by atoms with van der Waals surface area (Å²) >= 11 is 0. The van der Waals surface area contributed by atoms with Crippen molar-refractivity contribution in [2.75, 3.05) is 20.2 Å². The number of nitriles is 1. The lowest BCUT2D eigenvalue weighted by Crippen LogP contribution is -2.51. The van der Waals surface area contributed by atoms with Crippen molar-refractivity contribution in [3.8, 4) is 6.07 Å². The fourth-order valence-corrected chi connectivity index (χ4v) is 3.87. The summed E-state index contributed by atoms with van der Waals surface area (Å²) in [6.45, 7) is -1.09. The number of esters is 1. The fourth-order valence-electron chi connectivity index (χ4n) is 3.87. The maximum absolute atomic E-state index is 12.5. The quantitative estimate of drug-likeness (QED) is 0.550. The van der Waals surface area contributed by atoms with E-state index in [0.29, 0.717) is 24.0 Å². The highest BCUT2D eigenvalue weighted by Crippen LogP contribution is 2.32. The zero-order valence-corrected chi connectivity index (χ0v) is 16.3. The molecule has 0 atom stereocenters. The summed E-state index contributed by atoms with van der Waals surface area (Å²) < 4.78 is 5.01. The van der Waals surface area contributed by atoms with Crippen LogP contribution in [0.3, 0.4) is 0 Å². The Morgan fingerprint density at radius 3 is 2.59 bits per heavy atom. The molecular formula is C21H23N3O5. The summed E-state index contributed by atoms with van der Waals surface area (Å²) in [6.07, 6.45) is 3.98. The molecule has 0 unspecified atom stereocenters. The first-order chi connectivity index (χ1) is 13.9. The van der Waals surface area contributed by atoms with Gasteiger partial charge in [-0.1, -0.05) is 37.5 Å². The molecule has 0 bridgehead atoms. The minimum absolute atomic E-state index is 0.0293. The van der Waals surface area contributed by atoms with Crippen molar-refractivity contribution < 1.29 is 23.9 Å². The van der Waals surface area contributed by atoms with Gasteiger partial charge in [0.2, 0.25) is 5.91 Å². The first-order valence-corrected chi connectivity index (χ1v) is 9.64. The van der Waals surface area contributed by atoms with E-state index in [2.05, 4.69) is 6.07 Å². The highest BCUT2D eigenvalue weighted by molar-refractivity contribution is 6.11. The molecular weight excluding hydrogens is 374 g/mol. The second kappa shape index (κ2) is 8.43. The smallest absolute Gasteiger partial charge is 0.326 e. The number of likely N-dealkylation sites (N-methyl/N-ethyl adjacent to an activating group) is 1. The van der Waals surface area contributed by atoms with E-state index < -0.39 is 42.4 Å². The summed E-state index contributed by atoms with van der Waals surface area (Å²) in [7, 11) is 1.54. The van der Waals surface area contributed by atoms with Gasteiger partial charge in [0.25, 0.3) is 11.8 Å². The Morgan fingerprint density at radius 1 is 1.21 bits per heavy atom. The van der Waals surface area contributed by atoms with E-state index in [1.54, 1.807) is 31.3 Å². The monoisotopic (exact) mass is 397 g/mol. The standard InChI is InChI=1S/C21H23N3O5/c1-23(21(14-22)9-5-2-6-10-21)18(26)13-29-19(27)12-24-17(25)11-15-7-3-4-8-16(15)20(24)28/h3-4,7-8H,2,5-6,9-13H2,1H3. The van der Waals surface area contributed by atoms with Gasteiger partial charge in [0, 0.05) is 12.6 Å². The maximum atomic E-state index is 12.5. The molecule has 8 heteroatoms. The Kier molecular flexibility index (Phi) is 5.97.